The lowest BCUT2D eigenvalue weighted by atomic mass is 10.1. The van der Waals surface area contributed by atoms with Crippen LogP contribution in [0.5, 0.6) is 17.2 Å². The quantitative estimate of drug-likeness (QED) is 0.699. The SMILES string of the molecule is COc1cc(OC)c(OC)cc1CN1CCN(Cc2ccccc2)[C@H](CCO)C1. The van der Waals surface area contributed by atoms with Crippen molar-refractivity contribution >= 4 is 0 Å². The van der Waals surface area contributed by atoms with Crippen LogP contribution in [0.2, 0.25) is 0 Å². The molecule has 3 rings (SSSR count). The van der Waals surface area contributed by atoms with E-state index in [-0.39, 0.29) is 6.61 Å². The Morgan fingerprint density at radius 2 is 1.59 bits per heavy atom. The Bertz CT molecular complexity index is 769. The van der Waals surface area contributed by atoms with Crippen molar-refractivity contribution in [2.75, 3.05) is 47.6 Å². The monoisotopic (exact) mass is 400 g/mol. The first-order valence-electron chi connectivity index (χ1n) is 10.1. The minimum absolute atomic E-state index is 0.198. The lowest BCUT2D eigenvalue weighted by Crippen LogP contribution is -2.52. The first kappa shape index (κ1) is 21.4. The van der Waals surface area contributed by atoms with Gasteiger partial charge in [-0.05, 0) is 18.1 Å². The molecule has 1 N–H and O–H groups in total. The number of rotatable bonds is 9. The smallest absolute Gasteiger partial charge is 0.164 e. The molecular weight excluding hydrogens is 368 g/mol. The van der Waals surface area contributed by atoms with E-state index in [2.05, 4.69) is 34.1 Å². The van der Waals surface area contributed by atoms with E-state index in [0.29, 0.717) is 17.5 Å². The van der Waals surface area contributed by atoms with Crippen molar-refractivity contribution < 1.29 is 19.3 Å². The number of hydrogen-bond donors (Lipinski definition) is 1. The standard InChI is InChI=1S/C23H32N2O4/c1-27-21-14-23(29-3)22(28-2)13-19(21)16-24-10-11-25(20(17-24)9-12-26)15-18-7-5-4-6-8-18/h4-8,13-14,20,26H,9-12,15-17H2,1-3H3/t20-/m1/s1. The summed E-state index contributed by atoms with van der Waals surface area (Å²) in [4.78, 5) is 4.90. The Hall–Kier alpha value is -2.28. The van der Waals surface area contributed by atoms with Crippen molar-refractivity contribution in [3.8, 4) is 17.2 Å². The van der Waals surface area contributed by atoms with Crippen molar-refractivity contribution in [1.29, 1.82) is 0 Å². The molecule has 1 saturated heterocycles. The van der Waals surface area contributed by atoms with Gasteiger partial charge in [0.05, 0.1) is 21.3 Å². The van der Waals surface area contributed by atoms with E-state index in [1.807, 2.05) is 18.2 Å². The Balaban J connectivity index is 1.71. The molecule has 0 amide bonds. The maximum Gasteiger partial charge on any atom is 0.164 e. The number of benzene rings is 2. The van der Waals surface area contributed by atoms with Gasteiger partial charge in [0.15, 0.2) is 11.5 Å². The van der Waals surface area contributed by atoms with E-state index in [9.17, 15) is 5.11 Å². The zero-order valence-electron chi connectivity index (χ0n) is 17.6. The van der Waals surface area contributed by atoms with Crippen LogP contribution in [0.25, 0.3) is 0 Å². The van der Waals surface area contributed by atoms with E-state index < -0.39 is 0 Å². The van der Waals surface area contributed by atoms with Crippen LogP contribution in [0.15, 0.2) is 42.5 Å². The van der Waals surface area contributed by atoms with Gasteiger partial charge in [0.1, 0.15) is 5.75 Å². The molecule has 1 aliphatic heterocycles. The maximum atomic E-state index is 9.59. The van der Waals surface area contributed by atoms with Gasteiger partial charge in [0.2, 0.25) is 0 Å². The summed E-state index contributed by atoms with van der Waals surface area (Å²) >= 11 is 0. The Morgan fingerprint density at radius 1 is 0.897 bits per heavy atom. The van der Waals surface area contributed by atoms with Gasteiger partial charge in [-0.3, -0.25) is 9.80 Å². The Morgan fingerprint density at radius 3 is 2.24 bits per heavy atom. The number of hydrogen-bond acceptors (Lipinski definition) is 6. The van der Waals surface area contributed by atoms with Gasteiger partial charge in [-0.15, -0.1) is 0 Å². The number of ether oxygens (including phenoxy) is 3. The summed E-state index contributed by atoms with van der Waals surface area (Å²) in [6.45, 7) is 4.72. The fraction of sp³-hybridized carbons (Fsp3) is 0.478. The van der Waals surface area contributed by atoms with Crippen molar-refractivity contribution in [2.45, 2.75) is 25.6 Å². The molecule has 29 heavy (non-hydrogen) atoms. The van der Waals surface area contributed by atoms with Crippen molar-refractivity contribution in [3.63, 3.8) is 0 Å². The summed E-state index contributed by atoms with van der Waals surface area (Å²) in [6, 6.07) is 14.7. The highest BCUT2D eigenvalue weighted by Crippen LogP contribution is 2.35. The summed E-state index contributed by atoms with van der Waals surface area (Å²) in [5, 5.41) is 9.59. The number of piperazine rings is 1. The third-order valence-corrected chi connectivity index (χ3v) is 5.56. The van der Waals surface area contributed by atoms with Crippen LogP contribution >= 0.6 is 0 Å². The number of methoxy groups -OCH3 is 3. The average molecular weight is 401 g/mol. The molecule has 1 atom stereocenters. The first-order chi connectivity index (χ1) is 14.2. The topological polar surface area (TPSA) is 54.4 Å². The van der Waals surface area contributed by atoms with E-state index in [4.69, 9.17) is 14.2 Å². The van der Waals surface area contributed by atoms with Gasteiger partial charge in [-0.1, -0.05) is 30.3 Å². The van der Waals surface area contributed by atoms with Crippen LogP contribution < -0.4 is 14.2 Å². The van der Waals surface area contributed by atoms with E-state index >= 15 is 0 Å². The predicted octanol–water partition coefficient (Wildman–Crippen LogP) is 2.78. The summed E-state index contributed by atoms with van der Waals surface area (Å²) < 4.78 is 16.4. The number of nitrogens with zero attached hydrogens (tertiary/aromatic N) is 2. The van der Waals surface area contributed by atoms with Crippen LogP contribution in [-0.2, 0) is 13.1 Å². The highest BCUT2D eigenvalue weighted by molar-refractivity contribution is 5.50. The predicted molar refractivity (Wildman–Crippen MR) is 114 cm³/mol. The molecule has 0 saturated carbocycles. The number of aliphatic hydroxyl groups excluding tert-OH is 1. The molecule has 0 aliphatic carbocycles. The van der Waals surface area contributed by atoms with Gasteiger partial charge < -0.3 is 19.3 Å². The minimum Gasteiger partial charge on any atom is -0.496 e. The molecule has 1 heterocycles. The lowest BCUT2D eigenvalue weighted by molar-refractivity contribution is 0.0496. The summed E-state index contributed by atoms with van der Waals surface area (Å²) in [6.07, 6.45) is 0.770. The van der Waals surface area contributed by atoms with Crippen LogP contribution in [0.1, 0.15) is 17.5 Å². The van der Waals surface area contributed by atoms with Gasteiger partial charge in [0.25, 0.3) is 0 Å². The van der Waals surface area contributed by atoms with Crippen molar-refractivity contribution in [3.05, 3.63) is 53.6 Å². The molecule has 6 nitrogen and oxygen atoms in total. The van der Waals surface area contributed by atoms with Gasteiger partial charge in [-0.2, -0.15) is 0 Å². The molecule has 0 unspecified atom stereocenters. The zero-order chi connectivity index (χ0) is 20.6. The Labute approximate surface area is 173 Å². The summed E-state index contributed by atoms with van der Waals surface area (Å²) in [5.41, 5.74) is 2.38. The summed E-state index contributed by atoms with van der Waals surface area (Å²) in [5.74, 6) is 2.17. The highest BCUT2D eigenvalue weighted by atomic mass is 16.5. The maximum absolute atomic E-state index is 9.59. The fourth-order valence-electron chi connectivity index (χ4n) is 4.01. The molecule has 0 aromatic heterocycles. The van der Waals surface area contributed by atoms with Gasteiger partial charge in [-0.25, -0.2) is 0 Å². The molecule has 158 valence electrons. The first-order valence-corrected chi connectivity index (χ1v) is 10.1. The van der Waals surface area contributed by atoms with Crippen molar-refractivity contribution in [2.24, 2.45) is 0 Å². The normalized spacial score (nSPS) is 17.9. The van der Waals surface area contributed by atoms with Crippen LogP contribution in [0, 0.1) is 0 Å². The largest absolute Gasteiger partial charge is 0.496 e. The third kappa shape index (κ3) is 5.41. The van der Waals surface area contributed by atoms with E-state index in [0.717, 1.165) is 50.5 Å². The van der Waals surface area contributed by atoms with Gasteiger partial charge >= 0.3 is 0 Å². The molecule has 0 bridgehead atoms. The molecule has 2 aromatic carbocycles. The highest BCUT2D eigenvalue weighted by Gasteiger charge is 2.27. The molecule has 1 aliphatic rings. The Kier molecular flexibility index (Phi) is 7.75. The molecule has 1 fully saturated rings. The second-order valence-corrected chi connectivity index (χ2v) is 7.38. The third-order valence-electron chi connectivity index (χ3n) is 5.56. The van der Waals surface area contributed by atoms with Crippen LogP contribution in [0.4, 0.5) is 0 Å². The molecular formula is C23H32N2O4. The molecule has 6 heteroatoms. The second kappa shape index (κ2) is 10.5. The second-order valence-electron chi connectivity index (χ2n) is 7.38. The average Bonchev–Trinajstić information content (AvgIpc) is 2.76. The minimum atomic E-state index is 0.198. The van der Waals surface area contributed by atoms with Crippen LogP contribution in [-0.4, -0.2) is 68.5 Å². The number of aliphatic hydroxyl groups is 1. The summed E-state index contributed by atoms with van der Waals surface area (Å²) in [7, 11) is 4.95. The zero-order valence-corrected chi connectivity index (χ0v) is 17.6. The van der Waals surface area contributed by atoms with Gasteiger partial charge in [0, 0.05) is 57.0 Å². The molecule has 2 aromatic rings. The fourth-order valence-corrected chi connectivity index (χ4v) is 4.01. The van der Waals surface area contributed by atoms with E-state index in [1.165, 1.54) is 5.56 Å². The lowest BCUT2D eigenvalue weighted by Gasteiger charge is -2.41. The van der Waals surface area contributed by atoms with E-state index in [1.54, 1.807) is 21.3 Å². The molecule has 0 spiro atoms. The van der Waals surface area contributed by atoms with Crippen molar-refractivity contribution in [1.82, 2.24) is 9.80 Å². The van der Waals surface area contributed by atoms with Crippen LogP contribution in [0.3, 0.4) is 0 Å². The molecule has 0 radical (unpaired) electrons.